The standard InChI is InChI=1S/C41H27N5/c1-5-15-28(16-6-1)32-24-25-34-33(27-32)37-36(29-17-7-2-8-18-29)35-23-13-14-26-45(35)40(37)46(34)41-43-38(30-19-9-3-10-20-30)42-39(44-41)31-21-11-4-12-22-31/h1-27H. The molecule has 0 fully saturated rings. The number of pyridine rings is 1. The summed E-state index contributed by atoms with van der Waals surface area (Å²) in [6.07, 6.45) is 2.13. The van der Waals surface area contributed by atoms with Crippen molar-refractivity contribution in [3.8, 4) is 51.0 Å². The quantitative estimate of drug-likeness (QED) is 0.201. The minimum absolute atomic E-state index is 0.572. The fourth-order valence-electron chi connectivity index (χ4n) is 6.52. The summed E-state index contributed by atoms with van der Waals surface area (Å²) in [5.41, 5.74) is 9.73. The molecule has 4 heterocycles. The summed E-state index contributed by atoms with van der Waals surface area (Å²) in [5, 5.41) is 2.30. The van der Waals surface area contributed by atoms with E-state index >= 15 is 0 Å². The van der Waals surface area contributed by atoms with Crippen molar-refractivity contribution in [1.82, 2.24) is 23.9 Å². The third kappa shape index (κ3) is 4.21. The summed E-state index contributed by atoms with van der Waals surface area (Å²) >= 11 is 0. The average molecular weight is 590 g/mol. The van der Waals surface area contributed by atoms with Gasteiger partial charge in [0, 0.05) is 33.7 Å². The smallest absolute Gasteiger partial charge is 0.239 e. The van der Waals surface area contributed by atoms with E-state index < -0.39 is 0 Å². The monoisotopic (exact) mass is 589 g/mol. The molecule has 4 aromatic heterocycles. The third-order valence-electron chi connectivity index (χ3n) is 8.59. The topological polar surface area (TPSA) is 48.0 Å². The Morgan fingerprint density at radius 3 is 1.57 bits per heavy atom. The van der Waals surface area contributed by atoms with Crippen molar-refractivity contribution >= 4 is 27.5 Å². The largest absolute Gasteiger partial charge is 0.302 e. The van der Waals surface area contributed by atoms with Crippen LogP contribution < -0.4 is 0 Å². The van der Waals surface area contributed by atoms with Gasteiger partial charge in [0.05, 0.1) is 11.0 Å². The van der Waals surface area contributed by atoms with Gasteiger partial charge in [-0.3, -0.25) is 4.57 Å². The normalized spacial score (nSPS) is 11.5. The molecular weight excluding hydrogens is 562 g/mol. The zero-order chi connectivity index (χ0) is 30.5. The van der Waals surface area contributed by atoms with E-state index in [1.807, 2.05) is 60.7 Å². The second kappa shape index (κ2) is 10.7. The fraction of sp³-hybridized carbons (Fsp3) is 0. The fourth-order valence-corrected chi connectivity index (χ4v) is 6.52. The van der Waals surface area contributed by atoms with Gasteiger partial charge in [0.2, 0.25) is 5.95 Å². The van der Waals surface area contributed by atoms with Crippen LogP contribution in [0.15, 0.2) is 164 Å². The highest BCUT2D eigenvalue weighted by molar-refractivity contribution is 6.20. The van der Waals surface area contributed by atoms with Crippen molar-refractivity contribution in [2.45, 2.75) is 0 Å². The van der Waals surface area contributed by atoms with Gasteiger partial charge in [0.25, 0.3) is 0 Å². The number of hydrogen-bond donors (Lipinski definition) is 0. The molecule has 0 N–H and O–H groups in total. The second-order valence-electron chi connectivity index (χ2n) is 11.3. The Morgan fingerprint density at radius 1 is 0.413 bits per heavy atom. The molecular formula is C41H27N5. The first kappa shape index (κ1) is 26.1. The van der Waals surface area contributed by atoms with Crippen molar-refractivity contribution in [2.75, 3.05) is 0 Å². The maximum Gasteiger partial charge on any atom is 0.239 e. The van der Waals surface area contributed by atoms with E-state index in [4.69, 9.17) is 15.0 Å². The predicted octanol–water partition coefficient (Wildman–Crippen LogP) is 9.89. The SMILES string of the molecule is c1ccc(-c2ccc3c(c2)c2c(-c4ccccc4)c4ccccn4c2n3-c2nc(-c3ccccc3)nc(-c3ccccc3)n2)cc1. The Hall–Kier alpha value is -6.33. The third-order valence-corrected chi connectivity index (χ3v) is 8.59. The molecule has 5 aromatic carbocycles. The van der Waals surface area contributed by atoms with Gasteiger partial charge < -0.3 is 4.40 Å². The Kier molecular flexibility index (Phi) is 6.06. The van der Waals surface area contributed by atoms with Crippen LogP contribution in [0.1, 0.15) is 0 Å². The molecule has 216 valence electrons. The van der Waals surface area contributed by atoms with Crippen LogP contribution in [0, 0.1) is 0 Å². The molecule has 5 heteroatoms. The second-order valence-corrected chi connectivity index (χ2v) is 11.3. The van der Waals surface area contributed by atoms with Crippen LogP contribution in [0.4, 0.5) is 0 Å². The van der Waals surface area contributed by atoms with Crippen molar-refractivity contribution in [3.05, 3.63) is 164 Å². The van der Waals surface area contributed by atoms with E-state index in [0.717, 1.165) is 49.7 Å². The number of rotatable bonds is 5. The lowest BCUT2D eigenvalue weighted by atomic mass is 9.99. The average Bonchev–Trinajstić information content (AvgIpc) is 3.65. The molecule has 0 atom stereocenters. The summed E-state index contributed by atoms with van der Waals surface area (Å²) in [7, 11) is 0. The van der Waals surface area contributed by atoms with Gasteiger partial charge in [-0.05, 0) is 41.0 Å². The summed E-state index contributed by atoms with van der Waals surface area (Å²) in [5.74, 6) is 1.83. The van der Waals surface area contributed by atoms with Gasteiger partial charge in [-0.2, -0.15) is 9.97 Å². The number of nitrogens with zero attached hydrogens (tertiary/aromatic N) is 5. The summed E-state index contributed by atoms with van der Waals surface area (Å²) in [4.78, 5) is 15.3. The molecule has 0 saturated carbocycles. The molecule has 0 bridgehead atoms. The van der Waals surface area contributed by atoms with E-state index in [2.05, 4.69) is 112 Å². The summed E-state index contributed by atoms with van der Waals surface area (Å²) in [6, 6.07) is 54.6. The molecule has 5 nitrogen and oxygen atoms in total. The lowest BCUT2D eigenvalue weighted by molar-refractivity contribution is 0.938. The Morgan fingerprint density at radius 2 is 0.957 bits per heavy atom. The van der Waals surface area contributed by atoms with E-state index in [1.165, 1.54) is 11.1 Å². The molecule has 0 unspecified atom stereocenters. The van der Waals surface area contributed by atoms with E-state index in [0.29, 0.717) is 17.6 Å². The van der Waals surface area contributed by atoms with Gasteiger partial charge >= 0.3 is 0 Å². The van der Waals surface area contributed by atoms with Gasteiger partial charge in [-0.15, -0.1) is 0 Å². The van der Waals surface area contributed by atoms with Gasteiger partial charge in [0.15, 0.2) is 11.6 Å². The zero-order valence-electron chi connectivity index (χ0n) is 24.8. The van der Waals surface area contributed by atoms with Crippen molar-refractivity contribution in [3.63, 3.8) is 0 Å². The minimum atomic E-state index is 0.572. The zero-order valence-corrected chi connectivity index (χ0v) is 24.8. The Bertz CT molecular complexity index is 2440. The lowest BCUT2D eigenvalue weighted by Crippen LogP contribution is -2.07. The highest BCUT2D eigenvalue weighted by Gasteiger charge is 2.25. The minimum Gasteiger partial charge on any atom is -0.302 e. The van der Waals surface area contributed by atoms with Gasteiger partial charge in [-0.1, -0.05) is 133 Å². The van der Waals surface area contributed by atoms with Crippen molar-refractivity contribution < 1.29 is 0 Å². The van der Waals surface area contributed by atoms with E-state index in [9.17, 15) is 0 Å². The molecule has 0 aliphatic rings. The maximum atomic E-state index is 5.17. The van der Waals surface area contributed by atoms with Crippen LogP contribution in [-0.2, 0) is 0 Å². The molecule has 0 spiro atoms. The van der Waals surface area contributed by atoms with Crippen molar-refractivity contribution in [2.24, 2.45) is 0 Å². The first-order valence-electron chi connectivity index (χ1n) is 15.4. The van der Waals surface area contributed by atoms with Crippen LogP contribution in [0.25, 0.3) is 78.4 Å². The first-order valence-corrected chi connectivity index (χ1v) is 15.4. The highest BCUT2D eigenvalue weighted by atomic mass is 15.2. The molecule has 0 aliphatic carbocycles. The van der Waals surface area contributed by atoms with E-state index in [-0.39, 0.29) is 0 Å². The number of aromatic nitrogens is 5. The Balaban J connectivity index is 1.44. The van der Waals surface area contributed by atoms with E-state index in [1.54, 1.807) is 0 Å². The Labute approximate surface area is 265 Å². The molecule has 9 rings (SSSR count). The van der Waals surface area contributed by atoms with Crippen LogP contribution in [0.3, 0.4) is 0 Å². The summed E-state index contributed by atoms with van der Waals surface area (Å²) < 4.78 is 4.48. The molecule has 0 aliphatic heterocycles. The molecule has 0 amide bonds. The van der Waals surface area contributed by atoms with Crippen LogP contribution in [0.2, 0.25) is 0 Å². The van der Waals surface area contributed by atoms with Gasteiger partial charge in [0.1, 0.15) is 5.65 Å². The molecule has 46 heavy (non-hydrogen) atoms. The van der Waals surface area contributed by atoms with Gasteiger partial charge in [-0.25, -0.2) is 4.98 Å². The number of benzene rings is 5. The number of hydrogen-bond acceptors (Lipinski definition) is 3. The van der Waals surface area contributed by atoms with Crippen LogP contribution in [0.5, 0.6) is 0 Å². The maximum absolute atomic E-state index is 5.17. The first-order chi connectivity index (χ1) is 22.8. The molecule has 9 aromatic rings. The number of fused-ring (bicyclic) bond motifs is 5. The van der Waals surface area contributed by atoms with Crippen molar-refractivity contribution in [1.29, 1.82) is 0 Å². The lowest BCUT2D eigenvalue weighted by Gasteiger charge is -2.11. The predicted molar refractivity (Wildman–Crippen MR) is 187 cm³/mol. The summed E-state index contributed by atoms with van der Waals surface area (Å²) in [6.45, 7) is 0. The van der Waals surface area contributed by atoms with Crippen LogP contribution >= 0.6 is 0 Å². The van der Waals surface area contributed by atoms with Crippen LogP contribution in [-0.4, -0.2) is 23.9 Å². The molecule has 0 saturated heterocycles. The molecule has 0 radical (unpaired) electrons. The highest BCUT2D eigenvalue weighted by Crippen LogP contribution is 2.43.